The van der Waals surface area contributed by atoms with Crippen LogP contribution in [0.2, 0.25) is 0 Å². The first-order valence-corrected chi connectivity index (χ1v) is 11.1. The maximum Gasteiger partial charge on any atom is 0.416 e. The summed E-state index contributed by atoms with van der Waals surface area (Å²) in [4.78, 5) is 9.24. The predicted molar refractivity (Wildman–Crippen MR) is 124 cm³/mol. The van der Waals surface area contributed by atoms with Crippen LogP contribution in [-0.4, -0.2) is 53.3 Å². The van der Waals surface area contributed by atoms with Crippen molar-refractivity contribution in [3.63, 3.8) is 0 Å². The molecule has 3 aromatic rings. The van der Waals surface area contributed by atoms with Crippen LogP contribution in [0.1, 0.15) is 35.2 Å². The Morgan fingerprint density at radius 2 is 1.85 bits per heavy atom. The lowest BCUT2D eigenvalue weighted by Crippen LogP contribution is -2.42. The highest BCUT2D eigenvalue weighted by Crippen LogP contribution is 2.33. The number of rotatable bonds is 5. The van der Waals surface area contributed by atoms with E-state index in [1.165, 1.54) is 13.0 Å². The second kappa shape index (κ2) is 9.13. The molecule has 9 heteroatoms. The average molecular weight is 459 g/mol. The SMILES string of the molecule is Cc1c(CNc2nnc(C)c3ncc(N4CCC(N(C)C)CC4)cc23)cccc1C(F)(F)F. The summed E-state index contributed by atoms with van der Waals surface area (Å²) < 4.78 is 39.8. The Kier molecular flexibility index (Phi) is 6.43. The molecule has 1 saturated heterocycles. The third-order valence-corrected chi connectivity index (χ3v) is 6.53. The van der Waals surface area contributed by atoms with Gasteiger partial charge in [0.05, 0.1) is 28.7 Å². The van der Waals surface area contributed by atoms with E-state index in [0.29, 0.717) is 23.1 Å². The highest BCUT2D eigenvalue weighted by Gasteiger charge is 2.32. The summed E-state index contributed by atoms with van der Waals surface area (Å²) in [7, 11) is 4.23. The van der Waals surface area contributed by atoms with E-state index in [1.54, 1.807) is 6.07 Å². The van der Waals surface area contributed by atoms with Gasteiger partial charge in [0, 0.05) is 31.1 Å². The summed E-state index contributed by atoms with van der Waals surface area (Å²) in [6.07, 6.45) is -0.347. The number of alkyl halides is 3. The molecule has 0 aliphatic carbocycles. The molecular weight excluding hydrogens is 429 g/mol. The highest BCUT2D eigenvalue weighted by molar-refractivity contribution is 5.92. The van der Waals surface area contributed by atoms with Crippen molar-refractivity contribution in [2.24, 2.45) is 0 Å². The predicted octanol–water partition coefficient (Wildman–Crippen LogP) is 4.80. The summed E-state index contributed by atoms with van der Waals surface area (Å²) >= 11 is 0. The summed E-state index contributed by atoms with van der Waals surface area (Å²) in [5.74, 6) is 0.518. The first-order valence-electron chi connectivity index (χ1n) is 11.1. The van der Waals surface area contributed by atoms with Gasteiger partial charge in [0.1, 0.15) is 0 Å². The monoisotopic (exact) mass is 458 g/mol. The zero-order valence-corrected chi connectivity index (χ0v) is 19.4. The Labute approximate surface area is 191 Å². The van der Waals surface area contributed by atoms with Crippen molar-refractivity contribution < 1.29 is 13.2 Å². The number of nitrogens with zero attached hydrogens (tertiary/aromatic N) is 5. The van der Waals surface area contributed by atoms with Crippen molar-refractivity contribution in [3.8, 4) is 0 Å². The molecule has 1 aliphatic rings. The number of hydrogen-bond donors (Lipinski definition) is 1. The molecule has 0 spiro atoms. The Morgan fingerprint density at radius 3 is 2.52 bits per heavy atom. The molecule has 0 unspecified atom stereocenters. The van der Waals surface area contributed by atoms with Crippen molar-refractivity contribution in [1.82, 2.24) is 20.1 Å². The third-order valence-electron chi connectivity index (χ3n) is 6.53. The maximum atomic E-state index is 13.3. The first kappa shape index (κ1) is 23.2. The third kappa shape index (κ3) is 4.88. The van der Waals surface area contributed by atoms with E-state index in [4.69, 9.17) is 0 Å². The Balaban J connectivity index is 1.60. The van der Waals surface area contributed by atoms with Crippen LogP contribution in [0.3, 0.4) is 0 Å². The molecular formula is C24H29F3N6. The van der Waals surface area contributed by atoms with Crippen molar-refractivity contribution in [1.29, 1.82) is 0 Å². The van der Waals surface area contributed by atoms with Crippen LogP contribution in [0.15, 0.2) is 30.5 Å². The van der Waals surface area contributed by atoms with E-state index >= 15 is 0 Å². The molecule has 1 aliphatic heterocycles. The minimum absolute atomic E-state index is 0.209. The van der Waals surface area contributed by atoms with Crippen LogP contribution < -0.4 is 10.2 Å². The van der Waals surface area contributed by atoms with Crippen molar-refractivity contribution >= 4 is 22.4 Å². The lowest BCUT2D eigenvalue weighted by atomic mass is 10.0. The maximum absolute atomic E-state index is 13.3. The van der Waals surface area contributed by atoms with Gasteiger partial charge in [-0.2, -0.15) is 18.3 Å². The molecule has 0 bridgehead atoms. The minimum atomic E-state index is -4.38. The van der Waals surface area contributed by atoms with E-state index < -0.39 is 11.7 Å². The second-order valence-corrected chi connectivity index (χ2v) is 8.85. The summed E-state index contributed by atoms with van der Waals surface area (Å²) in [6.45, 7) is 5.45. The molecule has 4 rings (SSSR count). The van der Waals surface area contributed by atoms with E-state index in [1.807, 2.05) is 13.1 Å². The number of anilines is 2. The number of nitrogens with one attached hydrogen (secondary N) is 1. The summed E-state index contributed by atoms with van der Waals surface area (Å²) in [5, 5.41) is 12.5. The van der Waals surface area contributed by atoms with Crippen LogP contribution in [0.5, 0.6) is 0 Å². The number of fused-ring (bicyclic) bond motifs is 1. The molecule has 2 aromatic heterocycles. The van der Waals surface area contributed by atoms with Crippen molar-refractivity contribution in [2.45, 2.75) is 45.5 Å². The minimum Gasteiger partial charge on any atom is -0.370 e. The smallest absolute Gasteiger partial charge is 0.370 e. The molecule has 6 nitrogen and oxygen atoms in total. The van der Waals surface area contributed by atoms with Gasteiger partial charge in [-0.05, 0) is 64.0 Å². The van der Waals surface area contributed by atoms with Gasteiger partial charge < -0.3 is 15.1 Å². The topological polar surface area (TPSA) is 57.2 Å². The zero-order valence-electron chi connectivity index (χ0n) is 19.4. The molecule has 33 heavy (non-hydrogen) atoms. The van der Waals surface area contributed by atoms with E-state index in [9.17, 15) is 13.2 Å². The molecule has 1 N–H and O–H groups in total. The molecule has 0 saturated carbocycles. The number of benzene rings is 1. The van der Waals surface area contributed by atoms with Gasteiger partial charge in [-0.25, -0.2) is 0 Å². The van der Waals surface area contributed by atoms with Gasteiger partial charge in [-0.15, -0.1) is 5.10 Å². The van der Waals surface area contributed by atoms with E-state index in [0.717, 1.165) is 48.6 Å². The Morgan fingerprint density at radius 1 is 1.12 bits per heavy atom. The molecule has 3 heterocycles. The van der Waals surface area contributed by atoms with Gasteiger partial charge in [0.25, 0.3) is 0 Å². The molecule has 176 valence electrons. The lowest BCUT2D eigenvalue weighted by molar-refractivity contribution is -0.138. The molecule has 0 atom stereocenters. The fourth-order valence-electron chi connectivity index (χ4n) is 4.45. The van der Waals surface area contributed by atoms with Crippen molar-refractivity contribution in [3.05, 3.63) is 52.8 Å². The van der Waals surface area contributed by atoms with Gasteiger partial charge in [-0.1, -0.05) is 12.1 Å². The average Bonchev–Trinajstić information content (AvgIpc) is 2.78. The molecule has 1 fully saturated rings. The van der Waals surface area contributed by atoms with Gasteiger partial charge in [-0.3, -0.25) is 4.98 Å². The molecule has 0 amide bonds. The van der Waals surface area contributed by atoms with E-state index in [-0.39, 0.29) is 12.1 Å². The Bertz CT molecular complexity index is 1140. The fraction of sp³-hybridized carbons (Fsp3) is 0.458. The number of pyridine rings is 1. The number of aromatic nitrogens is 3. The zero-order chi connectivity index (χ0) is 23.8. The molecule has 0 radical (unpaired) electrons. The number of hydrogen-bond acceptors (Lipinski definition) is 6. The number of aryl methyl sites for hydroxylation is 1. The summed E-state index contributed by atoms with van der Waals surface area (Å²) in [5.41, 5.74) is 2.63. The van der Waals surface area contributed by atoms with Gasteiger partial charge in [0.2, 0.25) is 0 Å². The molecule has 1 aromatic carbocycles. The highest BCUT2D eigenvalue weighted by atomic mass is 19.4. The van der Waals surface area contributed by atoms with Crippen LogP contribution in [0.25, 0.3) is 10.9 Å². The summed E-state index contributed by atoms with van der Waals surface area (Å²) in [6, 6.07) is 6.87. The number of piperidine rings is 1. The van der Waals surface area contributed by atoms with Crippen LogP contribution in [-0.2, 0) is 12.7 Å². The Hall–Kier alpha value is -2.94. The standard InChI is InChI=1S/C24H29F3N6/c1-15-17(6-5-7-21(15)24(25,26)27)13-29-23-20-12-19(14-28-22(20)16(2)30-31-23)33-10-8-18(9-11-33)32(3)4/h5-7,12,14,18H,8-11,13H2,1-4H3,(H,29,31). The largest absolute Gasteiger partial charge is 0.416 e. The van der Waals surface area contributed by atoms with E-state index in [2.05, 4.69) is 50.5 Å². The van der Waals surface area contributed by atoms with Gasteiger partial charge >= 0.3 is 6.18 Å². The van der Waals surface area contributed by atoms with Crippen LogP contribution in [0.4, 0.5) is 24.7 Å². The normalized spacial score (nSPS) is 15.5. The second-order valence-electron chi connectivity index (χ2n) is 8.85. The van der Waals surface area contributed by atoms with Crippen LogP contribution in [0, 0.1) is 13.8 Å². The quantitative estimate of drug-likeness (QED) is 0.593. The first-order chi connectivity index (χ1) is 15.6. The van der Waals surface area contributed by atoms with Crippen LogP contribution >= 0.6 is 0 Å². The van der Waals surface area contributed by atoms with Crippen molar-refractivity contribution in [2.75, 3.05) is 37.4 Å². The van der Waals surface area contributed by atoms with Gasteiger partial charge in [0.15, 0.2) is 5.82 Å². The fourth-order valence-corrected chi connectivity index (χ4v) is 4.45. The number of halogens is 3. The lowest BCUT2D eigenvalue weighted by Gasteiger charge is -2.36.